The van der Waals surface area contributed by atoms with Gasteiger partial charge in [-0.15, -0.1) is 0 Å². The molecule has 0 bridgehead atoms. The molecule has 0 aliphatic carbocycles. The Hall–Kier alpha value is -2.93. The van der Waals surface area contributed by atoms with Gasteiger partial charge in [-0.25, -0.2) is 4.39 Å². The monoisotopic (exact) mass is 280 g/mol. The third-order valence-corrected chi connectivity index (χ3v) is 2.85. The zero-order valence-electron chi connectivity index (χ0n) is 11.2. The minimum atomic E-state index is -0.308. The van der Waals surface area contributed by atoms with E-state index >= 15 is 0 Å². The van der Waals surface area contributed by atoms with E-state index in [0.717, 1.165) is 11.1 Å². The van der Waals surface area contributed by atoms with Crippen molar-refractivity contribution < 1.29 is 9.18 Å². The van der Waals surface area contributed by atoms with E-state index in [1.165, 1.54) is 18.2 Å². The van der Waals surface area contributed by atoms with E-state index in [0.29, 0.717) is 12.1 Å². The molecule has 3 nitrogen and oxygen atoms in total. The fourth-order valence-electron chi connectivity index (χ4n) is 1.69. The molecule has 0 aliphatic heterocycles. The second-order valence-electron chi connectivity index (χ2n) is 4.41. The number of nitrogens with zero attached hydrogens (tertiary/aromatic N) is 1. The molecular formula is C17H13FN2O. The SMILES string of the molecule is N#Cc1ccc(CNC(=O)/C=C/c2ccc(F)cc2)cc1. The van der Waals surface area contributed by atoms with Crippen molar-refractivity contribution in [2.24, 2.45) is 0 Å². The van der Waals surface area contributed by atoms with E-state index in [4.69, 9.17) is 5.26 Å². The average Bonchev–Trinajstić information content (AvgIpc) is 2.53. The second kappa shape index (κ2) is 7.01. The molecule has 1 N–H and O–H groups in total. The maximum Gasteiger partial charge on any atom is 0.244 e. The molecular weight excluding hydrogens is 267 g/mol. The number of hydrogen-bond donors (Lipinski definition) is 1. The highest BCUT2D eigenvalue weighted by Gasteiger charge is 1.98. The van der Waals surface area contributed by atoms with Crippen LogP contribution >= 0.6 is 0 Å². The van der Waals surface area contributed by atoms with Crippen LogP contribution in [0.3, 0.4) is 0 Å². The third-order valence-electron chi connectivity index (χ3n) is 2.85. The number of nitrogens with one attached hydrogen (secondary N) is 1. The minimum Gasteiger partial charge on any atom is -0.348 e. The Balaban J connectivity index is 1.86. The van der Waals surface area contributed by atoms with E-state index in [2.05, 4.69) is 5.32 Å². The lowest BCUT2D eigenvalue weighted by Gasteiger charge is -2.02. The first-order valence-corrected chi connectivity index (χ1v) is 6.38. The van der Waals surface area contributed by atoms with Gasteiger partial charge in [0.15, 0.2) is 0 Å². The van der Waals surface area contributed by atoms with Gasteiger partial charge in [-0.1, -0.05) is 24.3 Å². The van der Waals surface area contributed by atoms with E-state index < -0.39 is 0 Å². The van der Waals surface area contributed by atoms with Gasteiger partial charge in [-0.2, -0.15) is 5.26 Å². The Morgan fingerprint density at radius 3 is 2.43 bits per heavy atom. The summed E-state index contributed by atoms with van der Waals surface area (Å²) in [6.07, 6.45) is 3.02. The van der Waals surface area contributed by atoms with Crippen molar-refractivity contribution >= 4 is 12.0 Å². The molecule has 104 valence electrons. The van der Waals surface area contributed by atoms with Gasteiger partial charge in [0, 0.05) is 12.6 Å². The van der Waals surface area contributed by atoms with Crippen molar-refractivity contribution in [1.82, 2.24) is 5.32 Å². The zero-order chi connectivity index (χ0) is 15.1. The van der Waals surface area contributed by atoms with Crippen LogP contribution in [0.2, 0.25) is 0 Å². The molecule has 0 unspecified atom stereocenters. The third kappa shape index (κ3) is 4.59. The molecule has 0 aliphatic rings. The summed E-state index contributed by atoms with van der Waals surface area (Å²) in [6, 6.07) is 14.9. The highest BCUT2D eigenvalue weighted by Crippen LogP contribution is 2.05. The molecule has 2 rings (SSSR count). The van der Waals surface area contributed by atoms with Gasteiger partial charge in [-0.3, -0.25) is 4.79 Å². The van der Waals surface area contributed by atoms with Gasteiger partial charge >= 0.3 is 0 Å². The summed E-state index contributed by atoms with van der Waals surface area (Å²) < 4.78 is 12.7. The maximum atomic E-state index is 12.7. The largest absolute Gasteiger partial charge is 0.348 e. The van der Waals surface area contributed by atoms with Crippen molar-refractivity contribution in [3.63, 3.8) is 0 Å². The standard InChI is InChI=1S/C17H13FN2O/c18-16-8-5-13(6-9-16)7-10-17(21)20-12-15-3-1-14(11-19)2-4-15/h1-10H,12H2,(H,20,21)/b10-7+. The highest BCUT2D eigenvalue weighted by molar-refractivity contribution is 5.91. The maximum absolute atomic E-state index is 12.7. The predicted octanol–water partition coefficient (Wildman–Crippen LogP) is 3.03. The molecule has 0 fully saturated rings. The number of amides is 1. The normalized spacial score (nSPS) is 10.3. The van der Waals surface area contributed by atoms with E-state index in [1.54, 1.807) is 42.5 Å². The Labute approximate surface area is 122 Å². The fraction of sp³-hybridized carbons (Fsp3) is 0.0588. The summed E-state index contributed by atoms with van der Waals surface area (Å²) in [4.78, 5) is 11.7. The van der Waals surface area contributed by atoms with Gasteiger partial charge in [0.25, 0.3) is 0 Å². The average molecular weight is 280 g/mol. The number of carbonyl (C=O) groups is 1. The van der Waals surface area contributed by atoms with Crippen LogP contribution in [0, 0.1) is 17.1 Å². The van der Waals surface area contributed by atoms with Crippen LogP contribution < -0.4 is 5.32 Å². The first-order chi connectivity index (χ1) is 10.2. The van der Waals surface area contributed by atoms with Gasteiger partial charge in [-0.05, 0) is 41.5 Å². The molecule has 0 heterocycles. The smallest absolute Gasteiger partial charge is 0.244 e. The van der Waals surface area contributed by atoms with Crippen LogP contribution in [0.25, 0.3) is 6.08 Å². The number of nitriles is 1. The molecule has 0 radical (unpaired) electrons. The van der Waals surface area contributed by atoms with Crippen molar-refractivity contribution in [2.75, 3.05) is 0 Å². The number of rotatable bonds is 4. The van der Waals surface area contributed by atoms with Crippen LogP contribution in [-0.2, 0) is 11.3 Å². The minimum absolute atomic E-state index is 0.233. The van der Waals surface area contributed by atoms with Crippen LogP contribution in [0.4, 0.5) is 4.39 Å². The summed E-state index contributed by atoms with van der Waals surface area (Å²) >= 11 is 0. The summed E-state index contributed by atoms with van der Waals surface area (Å²) in [5.41, 5.74) is 2.25. The number of hydrogen-bond acceptors (Lipinski definition) is 2. The summed E-state index contributed by atoms with van der Waals surface area (Å²) in [6.45, 7) is 0.387. The molecule has 0 saturated heterocycles. The van der Waals surface area contributed by atoms with Crippen molar-refractivity contribution in [2.45, 2.75) is 6.54 Å². The topological polar surface area (TPSA) is 52.9 Å². The highest BCUT2D eigenvalue weighted by atomic mass is 19.1. The van der Waals surface area contributed by atoms with Gasteiger partial charge in [0.05, 0.1) is 11.6 Å². The molecule has 21 heavy (non-hydrogen) atoms. The number of carbonyl (C=O) groups excluding carboxylic acids is 1. The molecule has 1 amide bonds. The number of benzene rings is 2. The van der Waals surface area contributed by atoms with E-state index in [1.807, 2.05) is 6.07 Å². The Morgan fingerprint density at radius 1 is 1.14 bits per heavy atom. The lowest BCUT2D eigenvalue weighted by molar-refractivity contribution is -0.116. The Bertz CT molecular complexity index is 682. The summed E-state index contributed by atoms with van der Waals surface area (Å²) in [5, 5.41) is 11.4. The molecule has 0 spiro atoms. The summed E-state index contributed by atoms with van der Waals surface area (Å²) in [7, 11) is 0. The fourth-order valence-corrected chi connectivity index (χ4v) is 1.69. The van der Waals surface area contributed by atoms with Crippen molar-refractivity contribution in [3.05, 3.63) is 77.1 Å². The molecule has 2 aromatic carbocycles. The first kappa shape index (κ1) is 14.5. The Kier molecular flexibility index (Phi) is 4.84. The second-order valence-corrected chi connectivity index (χ2v) is 4.41. The first-order valence-electron chi connectivity index (χ1n) is 6.38. The van der Waals surface area contributed by atoms with Gasteiger partial charge in [0.1, 0.15) is 5.82 Å². The molecule has 0 atom stereocenters. The zero-order valence-corrected chi connectivity index (χ0v) is 11.2. The quantitative estimate of drug-likeness (QED) is 0.875. The van der Waals surface area contributed by atoms with Crippen LogP contribution in [0.1, 0.15) is 16.7 Å². The lowest BCUT2D eigenvalue weighted by Crippen LogP contribution is -2.20. The van der Waals surface area contributed by atoms with Crippen molar-refractivity contribution in [3.8, 4) is 6.07 Å². The van der Waals surface area contributed by atoms with Gasteiger partial charge in [0.2, 0.25) is 5.91 Å². The lowest BCUT2D eigenvalue weighted by atomic mass is 10.1. The molecule has 0 saturated carbocycles. The molecule has 2 aromatic rings. The van der Waals surface area contributed by atoms with Crippen molar-refractivity contribution in [1.29, 1.82) is 5.26 Å². The number of halogens is 1. The predicted molar refractivity (Wildman–Crippen MR) is 78.4 cm³/mol. The van der Waals surface area contributed by atoms with Crippen LogP contribution in [-0.4, -0.2) is 5.91 Å². The van der Waals surface area contributed by atoms with Crippen LogP contribution in [0.5, 0.6) is 0 Å². The Morgan fingerprint density at radius 2 is 1.81 bits per heavy atom. The van der Waals surface area contributed by atoms with E-state index in [9.17, 15) is 9.18 Å². The van der Waals surface area contributed by atoms with Gasteiger partial charge < -0.3 is 5.32 Å². The van der Waals surface area contributed by atoms with E-state index in [-0.39, 0.29) is 11.7 Å². The summed E-state index contributed by atoms with van der Waals surface area (Å²) in [5.74, 6) is -0.541. The molecule has 4 heteroatoms. The molecule has 0 aromatic heterocycles. The van der Waals surface area contributed by atoms with Crippen LogP contribution in [0.15, 0.2) is 54.6 Å².